The minimum atomic E-state index is -3.49. The molecule has 0 atom stereocenters. The second kappa shape index (κ2) is 8.12. The number of nitrogens with one attached hydrogen (secondary N) is 2. The van der Waals surface area contributed by atoms with Crippen molar-refractivity contribution in [3.05, 3.63) is 28.7 Å². The molecule has 0 saturated heterocycles. The smallest absolute Gasteiger partial charge is 0.247 e. The van der Waals surface area contributed by atoms with Crippen LogP contribution in [0.3, 0.4) is 0 Å². The lowest BCUT2D eigenvalue weighted by Gasteiger charge is -2.06. The predicted octanol–water partition coefficient (Wildman–Crippen LogP) is 2.01. The summed E-state index contributed by atoms with van der Waals surface area (Å²) < 4.78 is 26.2. The molecule has 0 radical (unpaired) electrons. The SMILES string of the molecule is CCCCCCCCNS(=O)(=O)c1ccc(=O)[nH]c1. The molecular weight excluding hydrogens is 264 g/mol. The van der Waals surface area contributed by atoms with Gasteiger partial charge >= 0.3 is 0 Å². The van der Waals surface area contributed by atoms with E-state index >= 15 is 0 Å². The largest absolute Gasteiger partial charge is 0.328 e. The zero-order chi connectivity index (χ0) is 14.1. The Kier molecular flexibility index (Phi) is 6.80. The summed E-state index contributed by atoms with van der Waals surface area (Å²) in [6.07, 6.45) is 7.89. The molecule has 1 aromatic rings. The van der Waals surface area contributed by atoms with Crippen LogP contribution >= 0.6 is 0 Å². The summed E-state index contributed by atoms with van der Waals surface area (Å²) in [5.74, 6) is 0. The predicted molar refractivity (Wildman–Crippen MR) is 75.6 cm³/mol. The molecule has 0 aliphatic heterocycles. The van der Waals surface area contributed by atoms with Crippen molar-refractivity contribution in [1.29, 1.82) is 0 Å². The fourth-order valence-corrected chi connectivity index (χ4v) is 2.80. The molecule has 0 unspecified atom stereocenters. The summed E-state index contributed by atoms with van der Waals surface area (Å²) >= 11 is 0. The third kappa shape index (κ3) is 6.02. The molecule has 0 aliphatic carbocycles. The molecule has 19 heavy (non-hydrogen) atoms. The van der Waals surface area contributed by atoms with Gasteiger partial charge in [0.15, 0.2) is 0 Å². The van der Waals surface area contributed by atoms with E-state index in [0.717, 1.165) is 19.3 Å². The van der Waals surface area contributed by atoms with Gasteiger partial charge in [-0.15, -0.1) is 0 Å². The second-order valence-electron chi connectivity index (χ2n) is 4.55. The van der Waals surface area contributed by atoms with Gasteiger partial charge in [0.05, 0.1) is 4.90 Å². The molecule has 1 rings (SSSR count). The number of H-pyrrole nitrogens is 1. The summed E-state index contributed by atoms with van der Waals surface area (Å²) in [6, 6.07) is 2.52. The van der Waals surface area contributed by atoms with Crippen molar-refractivity contribution in [1.82, 2.24) is 9.71 Å². The minimum Gasteiger partial charge on any atom is -0.328 e. The third-order valence-electron chi connectivity index (χ3n) is 2.89. The monoisotopic (exact) mass is 286 g/mol. The summed E-state index contributed by atoms with van der Waals surface area (Å²) in [7, 11) is -3.49. The van der Waals surface area contributed by atoms with Crippen LogP contribution in [-0.2, 0) is 10.0 Å². The fraction of sp³-hybridized carbons (Fsp3) is 0.615. The van der Waals surface area contributed by atoms with E-state index in [-0.39, 0.29) is 10.5 Å². The van der Waals surface area contributed by atoms with Gasteiger partial charge in [-0.2, -0.15) is 0 Å². The highest BCUT2D eigenvalue weighted by molar-refractivity contribution is 7.89. The van der Waals surface area contributed by atoms with E-state index in [1.807, 2.05) is 0 Å². The van der Waals surface area contributed by atoms with Gasteiger partial charge < -0.3 is 4.98 Å². The number of pyridine rings is 1. The average Bonchev–Trinajstić information content (AvgIpc) is 2.38. The highest BCUT2D eigenvalue weighted by Crippen LogP contribution is 2.06. The van der Waals surface area contributed by atoms with Crippen LogP contribution in [0.2, 0.25) is 0 Å². The van der Waals surface area contributed by atoms with Crippen molar-refractivity contribution in [2.45, 2.75) is 50.3 Å². The van der Waals surface area contributed by atoms with Crippen LogP contribution < -0.4 is 10.3 Å². The molecule has 0 spiro atoms. The van der Waals surface area contributed by atoms with Crippen LogP contribution in [0, 0.1) is 0 Å². The highest BCUT2D eigenvalue weighted by atomic mass is 32.2. The maximum Gasteiger partial charge on any atom is 0.247 e. The Morgan fingerprint density at radius 2 is 1.79 bits per heavy atom. The van der Waals surface area contributed by atoms with Gasteiger partial charge in [-0.05, 0) is 12.5 Å². The lowest BCUT2D eigenvalue weighted by molar-refractivity contribution is 0.567. The third-order valence-corrected chi connectivity index (χ3v) is 4.35. The molecule has 0 saturated carbocycles. The lowest BCUT2D eigenvalue weighted by atomic mass is 10.1. The van der Waals surface area contributed by atoms with Crippen LogP contribution in [0.15, 0.2) is 28.0 Å². The van der Waals surface area contributed by atoms with Gasteiger partial charge in [-0.1, -0.05) is 39.0 Å². The van der Waals surface area contributed by atoms with Crippen LogP contribution in [0.1, 0.15) is 45.4 Å². The number of rotatable bonds is 9. The standard InChI is InChI=1S/C13H22N2O3S/c1-2-3-4-5-6-7-10-15-19(17,18)12-8-9-13(16)14-11-12/h8-9,11,15H,2-7,10H2,1H3,(H,14,16). The Labute approximate surface area is 114 Å². The normalized spacial score (nSPS) is 11.6. The molecule has 0 amide bonds. The number of aromatic nitrogens is 1. The first kappa shape index (κ1) is 15.9. The van der Waals surface area contributed by atoms with E-state index < -0.39 is 10.0 Å². The number of aromatic amines is 1. The van der Waals surface area contributed by atoms with Crippen molar-refractivity contribution in [2.75, 3.05) is 6.54 Å². The van der Waals surface area contributed by atoms with Gasteiger partial charge in [0, 0.05) is 18.8 Å². The molecule has 6 heteroatoms. The molecule has 2 N–H and O–H groups in total. The quantitative estimate of drug-likeness (QED) is 0.682. The average molecular weight is 286 g/mol. The van der Waals surface area contributed by atoms with Crippen molar-refractivity contribution in [3.8, 4) is 0 Å². The van der Waals surface area contributed by atoms with Gasteiger partial charge in [-0.25, -0.2) is 13.1 Å². The molecule has 0 bridgehead atoms. The number of hydrogen-bond donors (Lipinski definition) is 2. The summed E-state index contributed by atoms with van der Waals surface area (Å²) in [5, 5.41) is 0. The number of sulfonamides is 1. The first-order valence-corrected chi connectivity index (χ1v) is 8.23. The Balaban J connectivity index is 2.31. The van der Waals surface area contributed by atoms with Crippen molar-refractivity contribution < 1.29 is 8.42 Å². The fourth-order valence-electron chi connectivity index (χ4n) is 1.76. The summed E-state index contributed by atoms with van der Waals surface area (Å²) in [5.41, 5.74) is -0.310. The number of unbranched alkanes of at least 4 members (excludes halogenated alkanes) is 5. The van der Waals surface area contributed by atoms with Gasteiger partial charge in [0.2, 0.25) is 15.6 Å². The van der Waals surface area contributed by atoms with Crippen molar-refractivity contribution in [3.63, 3.8) is 0 Å². The van der Waals surface area contributed by atoms with E-state index in [1.165, 1.54) is 37.6 Å². The van der Waals surface area contributed by atoms with Crippen LogP contribution in [0.25, 0.3) is 0 Å². The van der Waals surface area contributed by atoms with E-state index in [9.17, 15) is 13.2 Å². The molecule has 0 fully saturated rings. The molecule has 1 heterocycles. The highest BCUT2D eigenvalue weighted by Gasteiger charge is 2.12. The molecule has 5 nitrogen and oxygen atoms in total. The zero-order valence-electron chi connectivity index (χ0n) is 11.3. The van der Waals surface area contributed by atoms with E-state index in [4.69, 9.17) is 0 Å². The van der Waals surface area contributed by atoms with Crippen LogP contribution in [0.5, 0.6) is 0 Å². The molecule has 0 aliphatic rings. The van der Waals surface area contributed by atoms with E-state index in [2.05, 4.69) is 16.6 Å². The zero-order valence-corrected chi connectivity index (χ0v) is 12.1. The van der Waals surface area contributed by atoms with Gasteiger partial charge in [0.25, 0.3) is 0 Å². The van der Waals surface area contributed by atoms with E-state index in [1.54, 1.807) is 0 Å². The van der Waals surface area contributed by atoms with Gasteiger partial charge in [0.1, 0.15) is 0 Å². The first-order chi connectivity index (χ1) is 9.06. The van der Waals surface area contributed by atoms with Crippen molar-refractivity contribution in [2.24, 2.45) is 0 Å². The summed E-state index contributed by atoms with van der Waals surface area (Å²) in [4.78, 5) is 13.3. The van der Waals surface area contributed by atoms with Crippen LogP contribution in [-0.4, -0.2) is 19.9 Å². The second-order valence-corrected chi connectivity index (χ2v) is 6.32. The Morgan fingerprint density at radius 1 is 1.11 bits per heavy atom. The first-order valence-electron chi connectivity index (χ1n) is 6.74. The Bertz CT molecular complexity index is 502. The molecule has 1 aromatic heterocycles. The Morgan fingerprint density at radius 3 is 2.42 bits per heavy atom. The molecule has 0 aromatic carbocycles. The lowest BCUT2D eigenvalue weighted by Crippen LogP contribution is -2.25. The van der Waals surface area contributed by atoms with Crippen molar-refractivity contribution >= 4 is 10.0 Å². The van der Waals surface area contributed by atoms with E-state index in [0.29, 0.717) is 6.54 Å². The Hall–Kier alpha value is -1.14. The molecular formula is C13H22N2O3S. The maximum atomic E-state index is 11.8. The molecule has 108 valence electrons. The minimum absolute atomic E-state index is 0.0954. The number of hydrogen-bond acceptors (Lipinski definition) is 3. The topological polar surface area (TPSA) is 79.0 Å². The van der Waals surface area contributed by atoms with Gasteiger partial charge in [-0.3, -0.25) is 4.79 Å². The maximum absolute atomic E-state index is 11.8. The summed E-state index contributed by atoms with van der Waals surface area (Å²) in [6.45, 7) is 2.60. The van der Waals surface area contributed by atoms with Crippen LogP contribution in [0.4, 0.5) is 0 Å².